The first kappa shape index (κ1) is 20.3. The number of aromatic nitrogens is 5. The van der Waals surface area contributed by atoms with Crippen LogP contribution in [0.5, 0.6) is 5.88 Å². The summed E-state index contributed by atoms with van der Waals surface area (Å²) in [6.07, 6.45) is 2.04. The molecule has 3 rings (SSSR count). The second-order valence-electron chi connectivity index (χ2n) is 7.76. The van der Waals surface area contributed by atoms with Crippen LogP contribution in [0, 0.1) is 0 Å². The Balaban J connectivity index is 2.18. The molecule has 0 unspecified atom stereocenters. The normalized spacial score (nSPS) is 11.8. The molecular weight excluding hydrogens is 376 g/mol. The number of carbonyl (C=O) groups excluding carboxylic acids is 1. The Kier molecular flexibility index (Phi) is 5.27. The van der Waals surface area contributed by atoms with Gasteiger partial charge in [-0.25, -0.2) is 19.3 Å². The van der Waals surface area contributed by atoms with Crippen molar-refractivity contribution in [3.05, 3.63) is 40.8 Å². The molecular formula is C19H24N6O4. The maximum atomic E-state index is 12.9. The van der Waals surface area contributed by atoms with E-state index in [1.807, 2.05) is 13.8 Å². The van der Waals surface area contributed by atoms with Crippen LogP contribution in [0.1, 0.15) is 40.4 Å². The van der Waals surface area contributed by atoms with Gasteiger partial charge in [0.25, 0.3) is 5.56 Å². The van der Waals surface area contributed by atoms with Crippen LogP contribution >= 0.6 is 0 Å². The van der Waals surface area contributed by atoms with Gasteiger partial charge >= 0.3 is 6.09 Å². The number of imidazole rings is 1. The number of pyridine rings is 1. The number of nitrogens with two attached hydrogens (primary N) is 1. The Bertz CT molecular complexity index is 1110. The van der Waals surface area contributed by atoms with Crippen molar-refractivity contribution in [2.24, 2.45) is 0 Å². The maximum Gasteiger partial charge on any atom is 0.421 e. The molecule has 0 aliphatic heterocycles. The summed E-state index contributed by atoms with van der Waals surface area (Å²) in [5.74, 6) is 0.490. The van der Waals surface area contributed by atoms with Crippen molar-refractivity contribution in [3.8, 4) is 5.88 Å². The van der Waals surface area contributed by atoms with Gasteiger partial charge in [0.05, 0.1) is 18.3 Å². The van der Waals surface area contributed by atoms with Crippen LogP contribution in [0.3, 0.4) is 0 Å². The fourth-order valence-electron chi connectivity index (χ4n) is 2.66. The molecule has 0 aliphatic rings. The predicted octanol–water partition coefficient (Wildman–Crippen LogP) is 2.19. The van der Waals surface area contributed by atoms with Crippen molar-refractivity contribution in [1.29, 1.82) is 0 Å². The molecule has 0 radical (unpaired) electrons. The number of ether oxygens (including phenoxy) is 2. The van der Waals surface area contributed by atoms with Gasteiger partial charge in [0.15, 0.2) is 11.2 Å². The molecule has 2 N–H and O–H groups in total. The van der Waals surface area contributed by atoms with Crippen molar-refractivity contribution in [3.63, 3.8) is 0 Å². The third-order valence-corrected chi connectivity index (χ3v) is 3.76. The minimum Gasteiger partial charge on any atom is -0.473 e. The number of carbonyl (C=O) groups is 1. The Morgan fingerprint density at radius 2 is 2.00 bits per heavy atom. The van der Waals surface area contributed by atoms with E-state index in [0.29, 0.717) is 5.52 Å². The van der Waals surface area contributed by atoms with Gasteiger partial charge in [0, 0.05) is 6.20 Å². The molecule has 0 aromatic carbocycles. The zero-order valence-corrected chi connectivity index (χ0v) is 17.0. The molecule has 0 saturated carbocycles. The molecule has 0 amide bonds. The number of nitrogens with zero attached hydrogens (tertiary/aromatic N) is 5. The number of rotatable bonds is 4. The van der Waals surface area contributed by atoms with Crippen molar-refractivity contribution in [1.82, 2.24) is 24.1 Å². The Morgan fingerprint density at radius 1 is 1.28 bits per heavy atom. The van der Waals surface area contributed by atoms with Gasteiger partial charge < -0.3 is 19.8 Å². The summed E-state index contributed by atoms with van der Waals surface area (Å²) < 4.78 is 13.8. The second-order valence-corrected chi connectivity index (χ2v) is 7.76. The lowest BCUT2D eigenvalue weighted by Crippen LogP contribution is -2.30. The minimum atomic E-state index is -0.733. The van der Waals surface area contributed by atoms with Crippen LogP contribution in [-0.2, 0) is 11.3 Å². The van der Waals surface area contributed by atoms with E-state index in [1.165, 1.54) is 21.5 Å². The lowest BCUT2D eigenvalue weighted by molar-refractivity contribution is 0.0537. The minimum absolute atomic E-state index is 0.0133. The highest BCUT2D eigenvalue weighted by atomic mass is 16.6. The van der Waals surface area contributed by atoms with Gasteiger partial charge in [0.1, 0.15) is 17.8 Å². The van der Waals surface area contributed by atoms with Crippen LogP contribution in [0.2, 0.25) is 0 Å². The van der Waals surface area contributed by atoms with Crippen LogP contribution in [-0.4, -0.2) is 41.9 Å². The number of fused-ring (bicyclic) bond motifs is 1. The molecule has 10 nitrogen and oxygen atoms in total. The average molecular weight is 400 g/mol. The monoisotopic (exact) mass is 400 g/mol. The third-order valence-electron chi connectivity index (χ3n) is 3.76. The van der Waals surface area contributed by atoms with Gasteiger partial charge in [-0.3, -0.25) is 4.79 Å². The standard InChI is InChI=1S/C19H24N6O4/c1-11(2)28-16-14-15(21-10-22-16)25(18(27)29-19(3,4)5)13(23-14)9-24-8-6-7-12(20)17(24)26/h6-8,10-11H,9,20H2,1-5H3. The highest BCUT2D eigenvalue weighted by Gasteiger charge is 2.26. The molecule has 3 aromatic rings. The molecule has 0 fully saturated rings. The topological polar surface area (TPSA) is 127 Å². The SMILES string of the molecule is CC(C)Oc1ncnc2c1nc(Cn1cccc(N)c1=O)n2C(=O)OC(C)(C)C. The molecule has 29 heavy (non-hydrogen) atoms. The van der Waals surface area contributed by atoms with E-state index in [9.17, 15) is 9.59 Å². The van der Waals surface area contributed by atoms with Gasteiger partial charge in [-0.2, -0.15) is 4.98 Å². The van der Waals surface area contributed by atoms with Crippen LogP contribution in [0.15, 0.2) is 29.5 Å². The maximum absolute atomic E-state index is 12.9. The van der Waals surface area contributed by atoms with Gasteiger partial charge in [0.2, 0.25) is 5.88 Å². The Morgan fingerprint density at radius 3 is 2.66 bits per heavy atom. The summed E-state index contributed by atoms with van der Waals surface area (Å²) in [5.41, 5.74) is 5.22. The highest BCUT2D eigenvalue weighted by Crippen LogP contribution is 2.24. The lowest BCUT2D eigenvalue weighted by Gasteiger charge is -2.20. The summed E-state index contributed by atoms with van der Waals surface area (Å²) in [7, 11) is 0. The van der Waals surface area contributed by atoms with Crippen LogP contribution in [0.25, 0.3) is 11.2 Å². The average Bonchev–Trinajstić information content (AvgIpc) is 2.96. The molecule has 3 heterocycles. The predicted molar refractivity (Wildman–Crippen MR) is 107 cm³/mol. The molecule has 154 valence electrons. The number of nitrogen functional groups attached to an aromatic ring is 1. The number of hydrogen-bond acceptors (Lipinski definition) is 8. The Hall–Kier alpha value is -3.43. The molecule has 0 aliphatic carbocycles. The largest absolute Gasteiger partial charge is 0.473 e. The molecule has 0 spiro atoms. The lowest BCUT2D eigenvalue weighted by atomic mass is 10.2. The zero-order chi connectivity index (χ0) is 21.3. The summed E-state index contributed by atoms with van der Waals surface area (Å²) in [5, 5.41) is 0. The van der Waals surface area contributed by atoms with E-state index in [0.717, 1.165) is 0 Å². The molecule has 10 heteroatoms. The first-order chi connectivity index (χ1) is 13.6. The van der Waals surface area contributed by atoms with Crippen LogP contribution in [0.4, 0.5) is 10.5 Å². The highest BCUT2D eigenvalue weighted by molar-refractivity contribution is 5.87. The van der Waals surface area contributed by atoms with Crippen LogP contribution < -0.4 is 16.0 Å². The number of anilines is 1. The van der Waals surface area contributed by atoms with E-state index in [2.05, 4.69) is 15.0 Å². The molecule has 0 atom stereocenters. The second kappa shape index (κ2) is 7.53. The first-order valence-corrected chi connectivity index (χ1v) is 9.14. The molecule has 3 aromatic heterocycles. The first-order valence-electron chi connectivity index (χ1n) is 9.14. The van der Waals surface area contributed by atoms with E-state index in [4.69, 9.17) is 15.2 Å². The smallest absolute Gasteiger partial charge is 0.421 e. The van der Waals surface area contributed by atoms with E-state index in [1.54, 1.807) is 33.0 Å². The van der Waals surface area contributed by atoms with Gasteiger partial charge in [-0.05, 0) is 46.8 Å². The van der Waals surface area contributed by atoms with Gasteiger partial charge in [-0.15, -0.1) is 0 Å². The van der Waals surface area contributed by atoms with E-state index < -0.39 is 11.7 Å². The van der Waals surface area contributed by atoms with Crippen molar-refractivity contribution >= 4 is 22.9 Å². The third kappa shape index (κ3) is 4.36. The molecule has 0 bridgehead atoms. The van der Waals surface area contributed by atoms with E-state index >= 15 is 0 Å². The summed E-state index contributed by atoms with van der Waals surface area (Å²) >= 11 is 0. The Labute approximate surface area is 167 Å². The number of hydrogen-bond donors (Lipinski definition) is 1. The fraction of sp³-hybridized carbons (Fsp3) is 0.421. The molecule has 0 saturated heterocycles. The van der Waals surface area contributed by atoms with Crippen molar-refractivity contribution < 1.29 is 14.3 Å². The summed E-state index contributed by atoms with van der Waals surface area (Å²) in [6, 6.07) is 3.15. The zero-order valence-electron chi connectivity index (χ0n) is 17.0. The summed E-state index contributed by atoms with van der Waals surface area (Å²) in [4.78, 5) is 38.1. The van der Waals surface area contributed by atoms with Crippen molar-refractivity contribution in [2.75, 3.05) is 5.73 Å². The van der Waals surface area contributed by atoms with Crippen molar-refractivity contribution in [2.45, 2.75) is 52.9 Å². The summed E-state index contributed by atoms with van der Waals surface area (Å²) in [6.45, 7) is 8.97. The van der Waals surface area contributed by atoms with Gasteiger partial charge in [-0.1, -0.05) is 0 Å². The quantitative estimate of drug-likeness (QED) is 0.706. The fourth-order valence-corrected chi connectivity index (χ4v) is 2.66. The van der Waals surface area contributed by atoms with E-state index in [-0.39, 0.29) is 41.2 Å².